The number of aromatic nitrogens is 1. The molecule has 2 heterocycles. The first-order valence-electron chi connectivity index (χ1n) is 13.1. The number of carboxylic acid groups (broad SMARTS) is 1. The molecule has 38 heavy (non-hydrogen) atoms. The van der Waals surface area contributed by atoms with E-state index in [1.54, 1.807) is 17.9 Å². The molecule has 1 aliphatic rings. The average molecular weight is 525 g/mol. The van der Waals surface area contributed by atoms with E-state index in [4.69, 9.17) is 4.74 Å². The van der Waals surface area contributed by atoms with Gasteiger partial charge in [-0.3, -0.25) is 14.4 Å². The number of hydrogen-bond acceptors (Lipinski definition) is 6. The van der Waals surface area contributed by atoms with Gasteiger partial charge < -0.3 is 25.0 Å². The van der Waals surface area contributed by atoms with E-state index in [-0.39, 0.29) is 44.1 Å². The Kier molecular flexibility index (Phi) is 10.6. The van der Waals surface area contributed by atoms with E-state index >= 15 is 0 Å². The Bertz CT molecular complexity index is 1120. The lowest BCUT2D eigenvalue weighted by atomic mass is 10.0. The molecule has 2 aromatic rings. The van der Waals surface area contributed by atoms with Crippen molar-refractivity contribution in [2.75, 3.05) is 32.8 Å². The molecule has 3 amide bonds. The number of rotatable bonds is 11. The standard InChI is InChI=1S/C28H36N4O6/c1-3-5-9-20-18-23(21-10-7-6-8-11-21)29-24(19-20)26(35)30-22(12-13-25(33)34)27(36)31-14-16-32(17-15-31)28(37)38-4-2/h6-8,10-11,18-19,22H,3-5,9,12-17H2,1-2H3,(H,30,35)(H,33,34)/t22-/m0/s1. The minimum absolute atomic E-state index is 0.0565. The maximum absolute atomic E-state index is 13.3. The van der Waals surface area contributed by atoms with Crippen molar-refractivity contribution < 1.29 is 29.0 Å². The Morgan fingerprint density at radius 3 is 2.34 bits per heavy atom. The second-order valence-corrected chi connectivity index (χ2v) is 9.19. The minimum Gasteiger partial charge on any atom is -0.481 e. The van der Waals surface area contributed by atoms with E-state index in [2.05, 4.69) is 17.2 Å². The van der Waals surface area contributed by atoms with Gasteiger partial charge in [0, 0.05) is 38.2 Å². The van der Waals surface area contributed by atoms with Crippen LogP contribution in [0.2, 0.25) is 0 Å². The molecule has 3 rings (SSSR count). The second kappa shape index (κ2) is 14.1. The SMILES string of the molecule is CCCCc1cc(C(=O)N[C@@H](CCC(=O)O)C(=O)N2CCN(C(=O)OCC)CC2)nc(-c2ccccc2)c1. The highest BCUT2D eigenvalue weighted by atomic mass is 16.6. The van der Waals surface area contributed by atoms with Crippen LogP contribution in [0.4, 0.5) is 4.79 Å². The minimum atomic E-state index is -1.06. The van der Waals surface area contributed by atoms with Crippen molar-refractivity contribution in [3.8, 4) is 11.3 Å². The fraction of sp³-hybridized carbons (Fsp3) is 0.464. The summed E-state index contributed by atoms with van der Waals surface area (Å²) in [5.41, 5.74) is 2.68. The number of amides is 3. The number of nitrogens with one attached hydrogen (secondary N) is 1. The molecule has 1 aliphatic heterocycles. The van der Waals surface area contributed by atoms with Crippen LogP contribution >= 0.6 is 0 Å². The van der Waals surface area contributed by atoms with Crippen molar-refractivity contribution in [2.24, 2.45) is 0 Å². The number of carboxylic acids is 1. The summed E-state index contributed by atoms with van der Waals surface area (Å²) in [7, 11) is 0. The van der Waals surface area contributed by atoms with Gasteiger partial charge in [0.2, 0.25) is 5.91 Å². The summed E-state index contributed by atoms with van der Waals surface area (Å²) >= 11 is 0. The van der Waals surface area contributed by atoms with E-state index in [1.165, 1.54) is 4.90 Å². The predicted molar refractivity (Wildman–Crippen MR) is 142 cm³/mol. The van der Waals surface area contributed by atoms with Gasteiger partial charge in [-0.1, -0.05) is 43.7 Å². The smallest absolute Gasteiger partial charge is 0.409 e. The largest absolute Gasteiger partial charge is 0.481 e. The molecule has 1 fully saturated rings. The van der Waals surface area contributed by atoms with E-state index in [0.29, 0.717) is 18.8 Å². The third kappa shape index (κ3) is 8.03. The number of carbonyl (C=O) groups excluding carboxylic acids is 3. The summed E-state index contributed by atoms with van der Waals surface area (Å²) in [5.74, 6) is -1.97. The Morgan fingerprint density at radius 1 is 1.03 bits per heavy atom. The van der Waals surface area contributed by atoms with Gasteiger partial charge >= 0.3 is 12.1 Å². The molecule has 0 spiro atoms. The van der Waals surface area contributed by atoms with Crippen molar-refractivity contribution in [2.45, 2.75) is 52.0 Å². The van der Waals surface area contributed by atoms with Gasteiger partial charge in [0.05, 0.1) is 12.3 Å². The van der Waals surface area contributed by atoms with Crippen LogP contribution in [0.25, 0.3) is 11.3 Å². The van der Waals surface area contributed by atoms with Crippen LogP contribution in [0, 0.1) is 0 Å². The molecule has 0 bridgehead atoms. The quantitative estimate of drug-likeness (QED) is 0.461. The molecule has 0 radical (unpaired) electrons. The van der Waals surface area contributed by atoms with Crippen LogP contribution in [0.1, 0.15) is 55.6 Å². The highest BCUT2D eigenvalue weighted by Gasteiger charge is 2.31. The fourth-order valence-electron chi connectivity index (χ4n) is 4.29. The number of aliphatic carboxylic acids is 1. The summed E-state index contributed by atoms with van der Waals surface area (Å²) < 4.78 is 5.02. The molecular weight excluding hydrogens is 488 g/mol. The first-order valence-corrected chi connectivity index (χ1v) is 13.1. The van der Waals surface area contributed by atoms with Gasteiger partial charge in [0.25, 0.3) is 5.91 Å². The lowest BCUT2D eigenvalue weighted by molar-refractivity contribution is -0.138. The fourth-order valence-corrected chi connectivity index (χ4v) is 4.29. The molecular formula is C28H36N4O6. The molecule has 1 saturated heterocycles. The van der Waals surface area contributed by atoms with Gasteiger partial charge in [-0.15, -0.1) is 0 Å². The zero-order chi connectivity index (χ0) is 27.5. The lowest BCUT2D eigenvalue weighted by Crippen LogP contribution is -2.56. The Balaban J connectivity index is 1.78. The van der Waals surface area contributed by atoms with Gasteiger partial charge in [-0.2, -0.15) is 0 Å². The average Bonchev–Trinajstić information content (AvgIpc) is 2.94. The van der Waals surface area contributed by atoms with Crippen molar-refractivity contribution in [3.63, 3.8) is 0 Å². The van der Waals surface area contributed by atoms with Crippen LogP contribution in [0.15, 0.2) is 42.5 Å². The number of nitrogens with zero attached hydrogens (tertiary/aromatic N) is 3. The Morgan fingerprint density at radius 2 is 1.71 bits per heavy atom. The molecule has 10 heteroatoms. The maximum atomic E-state index is 13.3. The third-order valence-electron chi connectivity index (χ3n) is 6.37. The van der Waals surface area contributed by atoms with Crippen LogP contribution in [0.3, 0.4) is 0 Å². The second-order valence-electron chi connectivity index (χ2n) is 9.19. The number of unbranched alkanes of at least 4 members (excludes halogenated alkanes) is 1. The summed E-state index contributed by atoms with van der Waals surface area (Å²) in [6, 6.07) is 12.2. The van der Waals surface area contributed by atoms with Gasteiger partial charge in [-0.05, 0) is 43.9 Å². The molecule has 0 saturated carbocycles. The number of carbonyl (C=O) groups is 4. The number of benzene rings is 1. The molecule has 2 N–H and O–H groups in total. The van der Waals surface area contributed by atoms with Crippen molar-refractivity contribution in [3.05, 3.63) is 53.7 Å². The summed E-state index contributed by atoms with van der Waals surface area (Å²) in [4.78, 5) is 57.6. The van der Waals surface area contributed by atoms with Crippen LogP contribution < -0.4 is 5.32 Å². The van der Waals surface area contributed by atoms with Gasteiger partial charge in [-0.25, -0.2) is 9.78 Å². The van der Waals surface area contributed by atoms with Crippen LogP contribution in [-0.2, 0) is 20.7 Å². The summed E-state index contributed by atoms with van der Waals surface area (Å²) in [6.45, 7) is 5.21. The lowest BCUT2D eigenvalue weighted by Gasteiger charge is -2.35. The summed E-state index contributed by atoms with van der Waals surface area (Å²) in [6.07, 6.45) is 1.97. The van der Waals surface area contributed by atoms with Crippen molar-refractivity contribution >= 4 is 23.9 Å². The predicted octanol–water partition coefficient (Wildman–Crippen LogP) is 3.36. The molecule has 204 valence electrons. The number of pyridine rings is 1. The first kappa shape index (κ1) is 28.6. The zero-order valence-electron chi connectivity index (χ0n) is 22.0. The first-order chi connectivity index (χ1) is 18.3. The molecule has 10 nitrogen and oxygen atoms in total. The normalized spacial score (nSPS) is 14.1. The summed E-state index contributed by atoms with van der Waals surface area (Å²) in [5, 5.41) is 12.0. The van der Waals surface area contributed by atoms with Gasteiger partial charge in [0.1, 0.15) is 11.7 Å². The number of ether oxygens (including phenoxy) is 1. The molecule has 0 aliphatic carbocycles. The Hall–Kier alpha value is -3.95. The van der Waals surface area contributed by atoms with E-state index in [1.807, 2.05) is 36.4 Å². The topological polar surface area (TPSA) is 129 Å². The highest BCUT2D eigenvalue weighted by Crippen LogP contribution is 2.21. The number of aryl methyl sites for hydroxylation is 1. The maximum Gasteiger partial charge on any atom is 0.409 e. The number of hydrogen-bond donors (Lipinski definition) is 2. The Labute approximate surface area is 223 Å². The highest BCUT2D eigenvalue weighted by molar-refractivity contribution is 5.97. The van der Waals surface area contributed by atoms with Gasteiger partial charge in [0.15, 0.2) is 0 Å². The van der Waals surface area contributed by atoms with Crippen molar-refractivity contribution in [1.82, 2.24) is 20.1 Å². The molecule has 1 aromatic heterocycles. The molecule has 0 unspecified atom stereocenters. The van der Waals surface area contributed by atoms with Crippen LogP contribution in [-0.4, -0.2) is 82.6 Å². The van der Waals surface area contributed by atoms with Crippen molar-refractivity contribution in [1.29, 1.82) is 0 Å². The van der Waals surface area contributed by atoms with E-state index in [0.717, 1.165) is 30.4 Å². The van der Waals surface area contributed by atoms with Crippen LogP contribution in [0.5, 0.6) is 0 Å². The molecule has 1 atom stereocenters. The molecule has 1 aromatic carbocycles. The van der Waals surface area contributed by atoms with E-state index < -0.39 is 24.0 Å². The third-order valence-corrected chi connectivity index (χ3v) is 6.37. The number of piperazine rings is 1. The zero-order valence-corrected chi connectivity index (χ0v) is 22.0. The van der Waals surface area contributed by atoms with E-state index in [9.17, 15) is 24.3 Å². The monoisotopic (exact) mass is 524 g/mol.